The quantitative estimate of drug-likeness (QED) is 0.587. The van der Waals surface area contributed by atoms with Crippen LogP contribution in [-0.4, -0.2) is 23.1 Å². The normalized spacial score (nSPS) is 20.4. The van der Waals surface area contributed by atoms with Crippen molar-refractivity contribution in [3.8, 4) is 0 Å². The first-order valence-electron chi connectivity index (χ1n) is 11.9. The van der Waals surface area contributed by atoms with Crippen LogP contribution < -0.4 is 10.2 Å². The molecule has 170 valence electrons. The van der Waals surface area contributed by atoms with E-state index < -0.39 is 5.25 Å². The van der Waals surface area contributed by atoms with Gasteiger partial charge in [0.15, 0.2) is 0 Å². The molecular formula is C27H34N2O2S. The van der Waals surface area contributed by atoms with E-state index in [0.717, 1.165) is 29.0 Å². The van der Waals surface area contributed by atoms with Gasteiger partial charge in [0, 0.05) is 10.9 Å². The van der Waals surface area contributed by atoms with Crippen molar-refractivity contribution >= 4 is 29.3 Å². The lowest BCUT2D eigenvalue weighted by molar-refractivity contribution is -0.129. The van der Waals surface area contributed by atoms with Gasteiger partial charge in [0.25, 0.3) is 0 Å². The van der Waals surface area contributed by atoms with E-state index in [-0.39, 0.29) is 23.8 Å². The number of rotatable bonds is 5. The topological polar surface area (TPSA) is 49.4 Å². The van der Waals surface area contributed by atoms with Gasteiger partial charge in [-0.1, -0.05) is 68.5 Å². The third-order valence-corrected chi connectivity index (χ3v) is 8.28. The molecule has 1 saturated carbocycles. The predicted molar refractivity (Wildman–Crippen MR) is 132 cm³/mol. The van der Waals surface area contributed by atoms with E-state index in [9.17, 15) is 9.59 Å². The molecule has 2 atom stereocenters. The van der Waals surface area contributed by atoms with Crippen LogP contribution in [0.15, 0.2) is 47.4 Å². The minimum atomic E-state index is -0.416. The molecule has 2 amide bonds. The van der Waals surface area contributed by atoms with Gasteiger partial charge in [-0.3, -0.25) is 9.59 Å². The maximum Gasteiger partial charge on any atom is 0.241 e. The maximum atomic E-state index is 13.7. The first-order chi connectivity index (χ1) is 15.4. The number of carbonyl (C=O) groups is 2. The average molecular weight is 451 g/mol. The predicted octanol–water partition coefficient (Wildman–Crippen LogP) is 5.79. The molecule has 1 fully saturated rings. The van der Waals surface area contributed by atoms with Crippen molar-refractivity contribution in [1.82, 2.24) is 5.32 Å². The zero-order chi connectivity index (χ0) is 22.7. The molecule has 0 radical (unpaired) electrons. The van der Waals surface area contributed by atoms with Gasteiger partial charge < -0.3 is 10.2 Å². The van der Waals surface area contributed by atoms with Crippen LogP contribution in [-0.2, 0) is 16.1 Å². The molecule has 0 saturated heterocycles. The molecular weight excluding hydrogens is 416 g/mol. The molecule has 5 heteroatoms. The van der Waals surface area contributed by atoms with Gasteiger partial charge in [-0.25, -0.2) is 0 Å². The van der Waals surface area contributed by atoms with Crippen LogP contribution in [0, 0.1) is 19.8 Å². The largest absolute Gasteiger partial charge is 0.353 e. The summed E-state index contributed by atoms with van der Waals surface area (Å²) in [5.74, 6) is -0.350. The van der Waals surface area contributed by atoms with E-state index in [4.69, 9.17) is 0 Å². The summed E-state index contributed by atoms with van der Waals surface area (Å²) in [7, 11) is 0. The number of thioether (sulfide) groups is 1. The zero-order valence-electron chi connectivity index (χ0n) is 19.4. The molecule has 32 heavy (non-hydrogen) atoms. The molecule has 1 N–H and O–H groups in total. The molecule has 0 unspecified atom stereocenters. The fourth-order valence-corrected chi connectivity index (χ4v) is 6.04. The molecule has 0 aromatic heterocycles. The third-order valence-electron chi connectivity index (χ3n) is 6.82. The Morgan fingerprint density at radius 1 is 1.09 bits per heavy atom. The Kier molecular flexibility index (Phi) is 7.24. The number of anilines is 1. The molecule has 2 aliphatic rings. The molecule has 2 aromatic rings. The van der Waals surface area contributed by atoms with Gasteiger partial charge in [0.1, 0.15) is 5.25 Å². The molecule has 1 heterocycles. The number of nitrogens with zero attached hydrogens (tertiary/aromatic N) is 1. The summed E-state index contributed by atoms with van der Waals surface area (Å²) >= 11 is 1.54. The Hall–Kier alpha value is -2.27. The summed E-state index contributed by atoms with van der Waals surface area (Å²) < 4.78 is 0. The lowest BCUT2D eigenvalue weighted by Crippen LogP contribution is -2.48. The van der Waals surface area contributed by atoms with Crippen LogP contribution in [0.4, 0.5) is 5.69 Å². The second-order valence-electron chi connectivity index (χ2n) is 9.35. The van der Waals surface area contributed by atoms with Crippen molar-refractivity contribution < 1.29 is 9.59 Å². The van der Waals surface area contributed by atoms with Gasteiger partial charge in [0.2, 0.25) is 11.8 Å². The Labute approximate surface area is 196 Å². The second-order valence-corrected chi connectivity index (χ2v) is 10.5. The van der Waals surface area contributed by atoms with Crippen LogP contribution in [0.5, 0.6) is 0 Å². The highest BCUT2D eigenvalue weighted by Crippen LogP contribution is 2.42. The first kappa shape index (κ1) is 22.9. The molecule has 0 spiro atoms. The van der Waals surface area contributed by atoms with Crippen molar-refractivity contribution in [3.63, 3.8) is 0 Å². The second kappa shape index (κ2) is 10.1. The van der Waals surface area contributed by atoms with Crippen molar-refractivity contribution in [2.24, 2.45) is 5.92 Å². The number of hydrogen-bond acceptors (Lipinski definition) is 3. The standard InChI is InChI=1S/C27H34N2O2S/c1-18-14-15-19(2)21(16-18)17-29-23-12-8-9-13-24(23)32-25(27(29)31)20(3)26(30)28-22-10-6-4-5-7-11-22/h8-9,12-16,20,22,25H,4-7,10-11,17H2,1-3H3,(H,28,30)/t20-,25-/m0/s1. The summed E-state index contributed by atoms with van der Waals surface area (Å²) in [6.07, 6.45) is 6.95. The zero-order valence-corrected chi connectivity index (χ0v) is 20.2. The van der Waals surface area contributed by atoms with Gasteiger partial charge in [-0.15, -0.1) is 11.8 Å². The van der Waals surface area contributed by atoms with Crippen molar-refractivity contribution in [1.29, 1.82) is 0 Å². The highest BCUT2D eigenvalue weighted by molar-refractivity contribution is 8.01. The highest BCUT2D eigenvalue weighted by atomic mass is 32.2. The van der Waals surface area contributed by atoms with Crippen molar-refractivity contribution in [2.75, 3.05) is 4.90 Å². The van der Waals surface area contributed by atoms with Crippen LogP contribution in [0.25, 0.3) is 0 Å². The fourth-order valence-electron chi connectivity index (χ4n) is 4.75. The number of aryl methyl sites for hydroxylation is 2. The highest BCUT2D eigenvalue weighted by Gasteiger charge is 2.39. The smallest absolute Gasteiger partial charge is 0.241 e. The Balaban J connectivity index is 1.56. The van der Waals surface area contributed by atoms with E-state index >= 15 is 0 Å². The summed E-state index contributed by atoms with van der Waals surface area (Å²) in [4.78, 5) is 29.8. The minimum absolute atomic E-state index is 0.00816. The van der Waals surface area contributed by atoms with E-state index in [2.05, 4.69) is 43.4 Å². The lowest BCUT2D eigenvalue weighted by atomic mass is 10.0. The number of amides is 2. The summed E-state index contributed by atoms with van der Waals surface area (Å²) in [5, 5.41) is 2.84. The van der Waals surface area contributed by atoms with Crippen LogP contribution in [0.2, 0.25) is 0 Å². The molecule has 0 bridgehead atoms. The van der Waals surface area contributed by atoms with Gasteiger partial charge in [-0.05, 0) is 49.9 Å². The number of benzene rings is 2. The van der Waals surface area contributed by atoms with Gasteiger partial charge >= 0.3 is 0 Å². The van der Waals surface area contributed by atoms with Crippen molar-refractivity contribution in [3.05, 3.63) is 59.2 Å². The van der Waals surface area contributed by atoms with Crippen molar-refractivity contribution in [2.45, 2.75) is 82.0 Å². The molecule has 1 aliphatic carbocycles. The van der Waals surface area contributed by atoms with E-state index in [0.29, 0.717) is 6.54 Å². The SMILES string of the molecule is Cc1ccc(C)c(CN2C(=O)[C@H]([C@H](C)C(=O)NC3CCCCCC3)Sc3ccccc32)c1. The first-order valence-corrected chi connectivity index (χ1v) is 12.8. The maximum absolute atomic E-state index is 13.7. The summed E-state index contributed by atoms with van der Waals surface area (Å²) in [5.41, 5.74) is 4.45. The number of hydrogen-bond donors (Lipinski definition) is 1. The van der Waals surface area contributed by atoms with E-state index in [1.807, 2.05) is 30.0 Å². The molecule has 4 rings (SSSR count). The monoisotopic (exact) mass is 450 g/mol. The number of nitrogens with one attached hydrogen (secondary N) is 1. The van der Waals surface area contributed by atoms with E-state index in [1.54, 1.807) is 0 Å². The number of para-hydroxylation sites is 1. The Bertz CT molecular complexity index is 981. The van der Waals surface area contributed by atoms with Crippen LogP contribution in [0.3, 0.4) is 0 Å². The van der Waals surface area contributed by atoms with E-state index in [1.165, 1.54) is 48.6 Å². The van der Waals surface area contributed by atoms with Crippen LogP contribution in [0.1, 0.15) is 62.1 Å². The lowest BCUT2D eigenvalue weighted by Gasteiger charge is -2.36. The number of fused-ring (bicyclic) bond motifs is 1. The van der Waals surface area contributed by atoms with Gasteiger partial charge in [0.05, 0.1) is 18.2 Å². The fraction of sp³-hybridized carbons (Fsp3) is 0.481. The van der Waals surface area contributed by atoms with Crippen LogP contribution >= 0.6 is 11.8 Å². The molecule has 1 aliphatic heterocycles. The molecule has 4 nitrogen and oxygen atoms in total. The Morgan fingerprint density at radius 3 is 2.56 bits per heavy atom. The van der Waals surface area contributed by atoms with Gasteiger partial charge in [-0.2, -0.15) is 0 Å². The Morgan fingerprint density at radius 2 is 1.81 bits per heavy atom. The number of carbonyl (C=O) groups excluding carboxylic acids is 2. The average Bonchev–Trinajstić information content (AvgIpc) is 3.06. The minimum Gasteiger partial charge on any atom is -0.353 e. The summed E-state index contributed by atoms with van der Waals surface area (Å²) in [6, 6.07) is 14.7. The summed E-state index contributed by atoms with van der Waals surface area (Å²) in [6.45, 7) is 6.60. The third kappa shape index (κ3) is 5.03. The molecule has 2 aromatic carbocycles.